The van der Waals surface area contributed by atoms with Crippen LogP contribution in [-0.2, 0) is 0 Å². The number of rotatable bonds is 2. The van der Waals surface area contributed by atoms with Crippen LogP contribution in [0.25, 0.3) is 0 Å². The summed E-state index contributed by atoms with van der Waals surface area (Å²) < 4.78 is 2.25. The minimum absolute atomic E-state index is 0.0530. The fraction of sp³-hybridized carbons (Fsp3) is 0.800. The molecule has 3 unspecified atom stereocenters. The molecular weight excluding hydrogens is 244 g/mol. The van der Waals surface area contributed by atoms with Crippen LogP contribution >= 0.6 is 11.6 Å². The molecule has 0 aliphatic heterocycles. The molecule has 0 aromatic carbocycles. The molecule has 1 saturated carbocycles. The summed E-state index contributed by atoms with van der Waals surface area (Å²) in [6.45, 7) is 11.0. The molecule has 1 fully saturated rings. The smallest absolute Gasteiger partial charge is 0.0643 e. The Morgan fingerprint density at radius 3 is 2.17 bits per heavy atom. The maximum Gasteiger partial charge on any atom is 0.0643 e. The van der Waals surface area contributed by atoms with Crippen LogP contribution in [0.1, 0.15) is 68.4 Å². The lowest BCUT2D eigenvalue weighted by Gasteiger charge is -2.32. The molecule has 0 spiro atoms. The minimum atomic E-state index is 0.0530. The lowest BCUT2D eigenvalue weighted by atomic mass is 9.80. The average Bonchev–Trinajstić information content (AvgIpc) is 2.52. The summed E-state index contributed by atoms with van der Waals surface area (Å²) >= 11 is 6.27. The Bertz CT molecular complexity index is 412. The molecule has 0 bridgehead atoms. The molecule has 0 radical (unpaired) electrons. The Labute approximate surface area is 116 Å². The van der Waals surface area contributed by atoms with E-state index >= 15 is 0 Å². The third kappa shape index (κ3) is 2.59. The van der Waals surface area contributed by atoms with Crippen LogP contribution in [0.3, 0.4) is 0 Å². The molecule has 1 aliphatic rings. The summed E-state index contributed by atoms with van der Waals surface area (Å²) in [7, 11) is 0. The van der Waals surface area contributed by atoms with E-state index < -0.39 is 0 Å². The first-order valence-electron chi connectivity index (χ1n) is 7.09. The molecule has 0 saturated heterocycles. The second kappa shape index (κ2) is 5.24. The van der Waals surface area contributed by atoms with Crippen molar-refractivity contribution in [3.05, 3.63) is 17.0 Å². The summed E-state index contributed by atoms with van der Waals surface area (Å²) in [6.07, 6.45) is 3.86. The normalized spacial score (nSPS) is 30.4. The number of alkyl halides is 1. The number of hydrogen-bond acceptors (Lipinski definition) is 1. The zero-order valence-corrected chi connectivity index (χ0v) is 13.0. The van der Waals surface area contributed by atoms with Crippen LogP contribution in [0.15, 0.2) is 0 Å². The fourth-order valence-corrected chi connectivity index (χ4v) is 4.03. The van der Waals surface area contributed by atoms with Crippen LogP contribution in [0.5, 0.6) is 0 Å². The molecule has 18 heavy (non-hydrogen) atoms. The maximum atomic E-state index is 6.27. The van der Waals surface area contributed by atoms with Crippen molar-refractivity contribution in [2.24, 2.45) is 11.8 Å². The van der Waals surface area contributed by atoms with E-state index in [2.05, 4.69) is 32.4 Å². The molecule has 1 aliphatic carbocycles. The van der Waals surface area contributed by atoms with E-state index in [4.69, 9.17) is 16.7 Å². The van der Waals surface area contributed by atoms with E-state index in [1.807, 2.05) is 6.92 Å². The number of aromatic nitrogens is 2. The van der Waals surface area contributed by atoms with Gasteiger partial charge in [-0.15, -0.1) is 11.6 Å². The Morgan fingerprint density at radius 2 is 1.72 bits per heavy atom. The van der Waals surface area contributed by atoms with Gasteiger partial charge < -0.3 is 0 Å². The van der Waals surface area contributed by atoms with Crippen molar-refractivity contribution in [2.45, 2.75) is 65.3 Å². The van der Waals surface area contributed by atoms with E-state index in [0.717, 1.165) is 17.5 Å². The van der Waals surface area contributed by atoms with Crippen molar-refractivity contribution < 1.29 is 0 Å². The molecule has 1 aromatic rings. The van der Waals surface area contributed by atoms with Crippen molar-refractivity contribution in [3.8, 4) is 0 Å². The summed E-state index contributed by atoms with van der Waals surface area (Å²) in [5, 5.41) is 4.81. The first-order valence-corrected chi connectivity index (χ1v) is 7.53. The lowest BCUT2D eigenvalue weighted by Crippen LogP contribution is -2.24. The van der Waals surface area contributed by atoms with Crippen molar-refractivity contribution in [2.75, 3.05) is 0 Å². The van der Waals surface area contributed by atoms with Crippen LogP contribution in [-0.4, -0.2) is 9.78 Å². The summed E-state index contributed by atoms with van der Waals surface area (Å²) in [6, 6.07) is 0.562. The largest absolute Gasteiger partial charge is 0.266 e. The Hall–Kier alpha value is -0.500. The van der Waals surface area contributed by atoms with Gasteiger partial charge in [-0.3, -0.25) is 4.68 Å². The number of halogens is 1. The predicted octanol–water partition coefficient (Wildman–Crippen LogP) is 4.80. The van der Waals surface area contributed by atoms with Gasteiger partial charge in [0.15, 0.2) is 0 Å². The first kappa shape index (κ1) is 13.9. The van der Waals surface area contributed by atoms with Crippen molar-refractivity contribution in [1.29, 1.82) is 0 Å². The van der Waals surface area contributed by atoms with Crippen LogP contribution in [0, 0.1) is 25.7 Å². The van der Waals surface area contributed by atoms with Gasteiger partial charge in [0.2, 0.25) is 0 Å². The zero-order chi connectivity index (χ0) is 13.4. The molecule has 1 aromatic heterocycles. The quantitative estimate of drug-likeness (QED) is 0.705. The molecule has 3 heteroatoms. The van der Waals surface area contributed by atoms with E-state index in [0.29, 0.717) is 6.04 Å². The molecule has 2 rings (SSSR count). The molecule has 3 atom stereocenters. The Morgan fingerprint density at radius 1 is 1.17 bits per heavy atom. The average molecular weight is 269 g/mol. The van der Waals surface area contributed by atoms with Gasteiger partial charge in [-0.25, -0.2) is 0 Å². The standard InChI is InChI=1S/C15H25ClN2/c1-9-6-10(2)8-14(7-9)18-13(5)15(11(3)16)12(4)17-18/h9-11,14H,6-8H2,1-5H3. The van der Waals surface area contributed by atoms with Crippen LogP contribution in [0.4, 0.5) is 0 Å². The van der Waals surface area contributed by atoms with E-state index in [1.165, 1.54) is 30.5 Å². The second-order valence-corrected chi connectivity index (χ2v) is 6.87. The first-order chi connectivity index (χ1) is 8.40. The number of hydrogen-bond donors (Lipinski definition) is 0. The van der Waals surface area contributed by atoms with E-state index in [9.17, 15) is 0 Å². The number of nitrogens with zero attached hydrogens (tertiary/aromatic N) is 2. The SMILES string of the molecule is Cc1nn(C2CC(C)CC(C)C2)c(C)c1C(C)Cl. The van der Waals surface area contributed by atoms with Gasteiger partial charge in [0.25, 0.3) is 0 Å². The van der Waals surface area contributed by atoms with Gasteiger partial charge in [-0.1, -0.05) is 13.8 Å². The van der Waals surface area contributed by atoms with Crippen molar-refractivity contribution >= 4 is 11.6 Å². The highest BCUT2D eigenvalue weighted by molar-refractivity contribution is 6.20. The Kier molecular flexibility index (Phi) is 4.05. The summed E-state index contributed by atoms with van der Waals surface area (Å²) in [4.78, 5) is 0. The van der Waals surface area contributed by atoms with Gasteiger partial charge in [-0.05, 0) is 51.9 Å². The topological polar surface area (TPSA) is 17.8 Å². The fourth-order valence-electron chi connectivity index (χ4n) is 3.71. The third-order valence-corrected chi connectivity index (χ3v) is 4.50. The monoisotopic (exact) mass is 268 g/mol. The Balaban J connectivity index is 2.31. The summed E-state index contributed by atoms with van der Waals surface area (Å²) in [5.41, 5.74) is 3.59. The number of aryl methyl sites for hydroxylation is 1. The van der Waals surface area contributed by atoms with Gasteiger partial charge in [0.1, 0.15) is 0 Å². The van der Waals surface area contributed by atoms with E-state index in [1.54, 1.807) is 0 Å². The van der Waals surface area contributed by atoms with Gasteiger partial charge in [0.05, 0.1) is 17.1 Å². The predicted molar refractivity (Wildman–Crippen MR) is 77.2 cm³/mol. The van der Waals surface area contributed by atoms with Gasteiger partial charge in [-0.2, -0.15) is 5.10 Å². The van der Waals surface area contributed by atoms with Crippen LogP contribution in [0.2, 0.25) is 0 Å². The van der Waals surface area contributed by atoms with Gasteiger partial charge in [0, 0.05) is 11.3 Å². The maximum absolute atomic E-state index is 6.27. The van der Waals surface area contributed by atoms with E-state index in [-0.39, 0.29) is 5.38 Å². The van der Waals surface area contributed by atoms with Crippen LogP contribution < -0.4 is 0 Å². The third-order valence-electron chi connectivity index (χ3n) is 4.28. The molecule has 2 nitrogen and oxygen atoms in total. The molecule has 102 valence electrons. The molecule has 0 N–H and O–H groups in total. The zero-order valence-electron chi connectivity index (χ0n) is 12.2. The minimum Gasteiger partial charge on any atom is -0.266 e. The summed E-state index contributed by atoms with van der Waals surface area (Å²) in [5.74, 6) is 1.61. The lowest BCUT2D eigenvalue weighted by molar-refractivity contribution is 0.207. The van der Waals surface area contributed by atoms with Crippen molar-refractivity contribution in [3.63, 3.8) is 0 Å². The highest BCUT2D eigenvalue weighted by Gasteiger charge is 2.28. The van der Waals surface area contributed by atoms with Crippen molar-refractivity contribution in [1.82, 2.24) is 9.78 Å². The molecule has 0 amide bonds. The second-order valence-electron chi connectivity index (χ2n) is 6.22. The highest BCUT2D eigenvalue weighted by atomic mass is 35.5. The molecular formula is C15H25ClN2. The van der Waals surface area contributed by atoms with Gasteiger partial charge >= 0.3 is 0 Å². The highest BCUT2D eigenvalue weighted by Crippen LogP contribution is 2.38. The molecule has 1 heterocycles.